The van der Waals surface area contributed by atoms with Gasteiger partial charge in [0.05, 0.1) is 18.6 Å². The quantitative estimate of drug-likeness (QED) is 0.844. The molecule has 2 rings (SSSR count). The standard InChI is InChI=1S/C14H14BrNO4S/c15-12-4-1-3-11(7-12)9-21(18,19)10-14(17)16-8-13-5-2-6-20-13/h1-7H,8-10H2,(H,16,17). The average molecular weight is 372 g/mol. The molecule has 0 aliphatic carbocycles. The molecule has 0 atom stereocenters. The van der Waals surface area contributed by atoms with E-state index in [1.807, 2.05) is 6.07 Å². The van der Waals surface area contributed by atoms with E-state index >= 15 is 0 Å². The number of rotatable bonds is 6. The van der Waals surface area contributed by atoms with Crippen molar-refractivity contribution in [3.05, 3.63) is 58.5 Å². The summed E-state index contributed by atoms with van der Waals surface area (Å²) < 4.78 is 29.8. The fraction of sp³-hybridized carbons (Fsp3) is 0.214. The predicted octanol–water partition coefficient (Wildman–Crippen LogP) is 2.27. The van der Waals surface area contributed by atoms with Crippen LogP contribution in [-0.2, 0) is 26.9 Å². The monoisotopic (exact) mass is 371 g/mol. The van der Waals surface area contributed by atoms with Gasteiger partial charge in [-0.2, -0.15) is 0 Å². The topological polar surface area (TPSA) is 76.4 Å². The highest BCUT2D eigenvalue weighted by Crippen LogP contribution is 2.14. The summed E-state index contributed by atoms with van der Waals surface area (Å²) in [6, 6.07) is 10.4. The first kappa shape index (κ1) is 15.8. The molecule has 0 aliphatic heterocycles. The summed E-state index contributed by atoms with van der Waals surface area (Å²) in [5.74, 6) is -0.671. The first-order valence-electron chi connectivity index (χ1n) is 6.18. The Morgan fingerprint density at radius 2 is 2.05 bits per heavy atom. The van der Waals surface area contributed by atoms with E-state index in [0.29, 0.717) is 11.3 Å². The number of nitrogens with one attached hydrogen (secondary N) is 1. The number of hydrogen-bond acceptors (Lipinski definition) is 4. The van der Waals surface area contributed by atoms with E-state index in [1.165, 1.54) is 6.26 Å². The zero-order valence-electron chi connectivity index (χ0n) is 11.1. The highest BCUT2D eigenvalue weighted by molar-refractivity contribution is 9.10. The van der Waals surface area contributed by atoms with Crippen LogP contribution in [0.3, 0.4) is 0 Å². The van der Waals surface area contributed by atoms with Crippen LogP contribution in [0.5, 0.6) is 0 Å². The lowest BCUT2D eigenvalue weighted by Gasteiger charge is -2.06. The Balaban J connectivity index is 1.89. The molecule has 0 bridgehead atoms. The van der Waals surface area contributed by atoms with Crippen molar-refractivity contribution in [2.75, 3.05) is 5.75 Å². The fourth-order valence-corrected chi connectivity index (χ4v) is 3.52. The Bertz CT molecular complexity index is 710. The number of hydrogen-bond donors (Lipinski definition) is 1. The van der Waals surface area contributed by atoms with E-state index in [-0.39, 0.29) is 12.3 Å². The van der Waals surface area contributed by atoms with Gasteiger partial charge in [-0.05, 0) is 29.8 Å². The van der Waals surface area contributed by atoms with E-state index in [2.05, 4.69) is 21.2 Å². The number of carbonyl (C=O) groups excluding carboxylic acids is 1. The maximum absolute atomic E-state index is 12.0. The van der Waals surface area contributed by atoms with Crippen molar-refractivity contribution in [3.63, 3.8) is 0 Å². The number of carbonyl (C=O) groups is 1. The van der Waals surface area contributed by atoms with Crippen LogP contribution in [0.25, 0.3) is 0 Å². The van der Waals surface area contributed by atoms with E-state index < -0.39 is 21.5 Å². The molecule has 1 aromatic heterocycles. The third-order valence-corrected chi connectivity index (χ3v) is 4.63. The molecule has 1 aromatic carbocycles. The highest BCUT2D eigenvalue weighted by atomic mass is 79.9. The van der Waals surface area contributed by atoms with E-state index in [4.69, 9.17) is 4.42 Å². The molecule has 0 unspecified atom stereocenters. The summed E-state index contributed by atoms with van der Waals surface area (Å²) in [6.07, 6.45) is 1.49. The molecule has 0 saturated heterocycles. The van der Waals surface area contributed by atoms with Crippen LogP contribution < -0.4 is 5.32 Å². The van der Waals surface area contributed by atoms with Crippen molar-refractivity contribution in [2.24, 2.45) is 0 Å². The SMILES string of the molecule is O=C(CS(=O)(=O)Cc1cccc(Br)c1)NCc1ccco1. The Kier molecular flexibility index (Phi) is 5.19. The molecule has 0 fully saturated rings. The van der Waals surface area contributed by atoms with Crippen molar-refractivity contribution in [1.82, 2.24) is 5.32 Å². The second-order valence-corrected chi connectivity index (χ2v) is 7.50. The normalized spacial score (nSPS) is 11.3. The molecule has 1 amide bonds. The molecule has 0 spiro atoms. The van der Waals surface area contributed by atoms with E-state index in [9.17, 15) is 13.2 Å². The Morgan fingerprint density at radius 1 is 1.24 bits per heavy atom. The zero-order valence-corrected chi connectivity index (χ0v) is 13.5. The van der Waals surface area contributed by atoms with Crippen molar-refractivity contribution >= 4 is 31.7 Å². The number of halogens is 1. The van der Waals surface area contributed by atoms with Crippen molar-refractivity contribution in [1.29, 1.82) is 0 Å². The molecular formula is C14H14BrNO4S. The van der Waals surface area contributed by atoms with Crippen LogP contribution in [0.15, 0.2) is 51.6 Å². The van der Waals surface area contributed by atoms with E-state index in [0.717, 1.165) is 4.47 Å². The number of sulfone groups is 1. The van der Waals surface area contributed by atoms with Gasteiger partial charge in [0.25, 0.3) is 0 Å². The first-order chi connectivity index (χ1) is 9.94. The summed E-state index contributed by atoms with van der Waals surface area (Å²) in [4.78, 5) is 11.7. The maximum Gasteiger partial charge on any atom is 0.235 e. The predicted molar refractivity (Wildman–Crippen MR) is 82.2 cm³/mol. The molecule has 1 heterocycles. The number of benzene rings is 1. The van der Waals surface area contributed by atoms with Gasteiger partial charge in [0.1, 0.15) is 11.5 Å². The van der Waals surface area contributed by atoms with Gasteiger partial charge >= 0.3 is 0 Å². The van der Waals surface area contributed by atoms with Crippen molar-refractivity contribution in [3.8, 4) is 0 Å². The lowest BCUT2D eigenvalue weighted by Crippen LogP contribution is -2.30. The first-order valence-corrected chi connectivity index (χ1v) is 8.80. The molecular weight excluding hydrogens is 358 g/mol. The van der Waals surface area contributed by atoms with Gasteiger partial charge in [0.2, 0.25) is 5.91 Å². The Hall–Kier alpha value is -1.60. The van der Waals surface area contributed by atoms with Gasteiger partial charge in [-0.3, -0.25) is 4.79 Å². The highest BCUT2D eigenvalue weighted by Gasteiger charge is 2.17. The third-order valence-electron chi connectivity index (χ3n) is 2.67. The van der Waals surface area contributed by atoms with Gasteiger partial charge in [-0.1, -0.05) is 28.1 Å². The summed E-state index contributed by atoms with van der Waals surface area (Å²) >= 11 is 3.28. The minimum atomic E-state index is -3.51. The Morgan fingerprint density at radius 3 is 2.71 bits per heavy atom. The van der Waals surface area contributed by atoms with Crippen molar-refractivity contribution < 1.29 is 17.6 Å². The van der Waals surface area contributed by atoms with Crippen molar-refractivity contribution in [2.45, 2.75) is 12.3 Å². The molecule has 0 aliphatic rings. The van der Waals surface area contributed by atoms with Gasteiger partial charge in [-0.25, -0.2) is 8.42 Å². The van der Waals surface area contributed by atoms with Crippen LogP contribution >= 0.6 is 15.9 Å². The van der Waals surface area contributed by atoms with Crippen LogP contribution in [0.2, 0.25) is 0 Å². The number of furan rings is 1. The van der Waals surface area contributed by atoms with Crippen LogP contribution in [0.1, 0.15) is 11.3 Å². The molecule has 21 heavy (non-hydrogen) atoms. The van der Waals surface area contributed by atoms with Gasteiger partial charge < -0.3 is 9.73 Å². The molecule has 112 valence electrons. The zero-order chi connectivity index (χ0) is 15.3. The molecule has 7 heteroatoms. The van der Waals surface area contributed by atoms with Crippen LogP contribution in [0, 0.1) is 0 Å². The van der Waals surface area contributed by atoms with Gasteiger partial charge in [-0.15, -0.1) is 0 Å². The summed E-state index contributed by atoms with van der Waals surface area (Å²) in [7, 11) is -3.51. The summed E-state index contributed by atoms with van der Waals surface area (Å²) in [6.45, 7) is 0.179. The maximum atomic E-state index is 12.0. The fourth-order valence-electron chi connectivity index (χ4n) is 1.78. The Labute approximate surface area is 131 Å². The minimum absolute atomic E-state index is 0.166. The van der Waals surface area contributed by atoms with Crippen LogP contribution in [0.4, 0.5) is 0 Å². The van der Waals surface area contributed by atoms with E-state index in [1.54, 1.807) is 30.3 Å². The summed E-state index contributed by atoms with van der Waals surface area (Å²) in [5, 5.41) is 2.52. The number of amides is 1. The van der Waals surface area contributed by atoms with Gasteiger partial charge in [0.15, 0.2) is 9.84 Å². The second-order valence-electron chi connectivity index (χ2n) is 4.52. The average Bonchev–Trinajstić information content (AvgIpc) is 2.88. The second kappa shape index (κ2) is 6.91. The molecule has 2 aromatic rings. The van der Waals surface area contributed by atoms with Crippen LogP contribution in [-0.4, -0.2) is 20.1 Å². The molecule has 0 saturated carbocycles. The largest absolute Gasteiger partial charge is 0.467 e. The minimum Gasteiger partial charge on any atom is -0.467 e. The molecule has 5 nitrogen and oxygen atoms in total. The lowest BCUT2D eigenvalue weighted by molar-refractivity contribution is -0.118. The third kappa shape index (κ3) is 5.35. The molecule has 0 radical (unpaired) electrons. The summed E-state index contributed by atoms with van der Waals surface area (Å²) in [5.41, 5.74) is 0.642. The smallest absolute Gasteiger partial charge is 0.235 e. The lowest BCUT2D eigenvalue weighted by atomic mass is 10.2. The molecule has 1 N–H and O–H groups in total. The van der Waals surface area contributed by atoms with Gasteiger partial charge in [0, 0.05) is 4.47 Å².